The van der Waals surface area contributed by atoms with Crippen LogP contribution >= 0.6 is 11.6 Å². The van der Waals surface area contributed by atoms with E-state index in [1.807, 2.05) is 12.1 Å². The van der Waals surface area contributed by atoms with Crippen molar-refractivity contribution in [3.8, 4) is 17.3 Å². The lowest BCUT2D eigenvalue weighted by Crippen LogP contribution is -2.50. The highest BCUT2D eigenvalue weighted by Crippen LogP contribution is 2.72. The molecule has 3 aromatic rings. The third-order valence-corrected chi connectivity index (χ3v) is 9.82. The van der Waals surface area contributed by atoms with Gasteiger partial charge in [-0.05, 0) is 83.0 Å². The maximum Gasteiger partial charge on any atom is 0.200 e. The minimum atomic E-state index is -0.394. The second kappa shape index (κ2) is 6.46. The van der Waals surface area contributed by atoms with Gasteiger partial charge in [-0.25, -0.2) is 5.01 Å². The largest absolute Gasteiger partial charge is 0.261 e. The van der Waals surface area contributed by atoms with Gasteiger partial charge < -0.3 is 0 Å². The molecular weight excluding hydrogens is 438 g/mol. The van der Waals surface area contributed by atoms with Crippen LogP contribution in [0.2, 0.25) is 5.02 Å². The molecule has 4 heteroatoms. The van der Waals surface area contributed by atoms with E-state index in [0.717, 1.165) is 5.69 Å². The fraction of sp³-hybridized carbons (Fsp3) is 0.300. The number of hydrogen-bond acceptors (Lipinski definition) is 3. The van der Waals surface area contributed by atoms with Gasteiger partial charge in [-0.1, -0.05) is 72.3 Å². The number of halogens is 1. The van der Waals surface area contributed by atoms with Crippen LogP contribution < -0.4 is 5.01 Å². The van der Waals surface area contributed by atoms with Gasteiger partial charge in [0.2, 0.25) is 0 Å². The van der Waals surface area contributed by atoms with Gasteiger partial charge >= 0.3 is 0 Å². The molecule has 1 saturated heterocycles. The third-order valence-electron chi connectivity index (χ3n) is 9.57. The fourth-order valence-electron chi connectivity index (χ4n) is 8.75. The maximum absolute atomic E-state index is 10.7. The van der Waals surface area contributed by atoms with Crippen molar-refractivity contribution in [3.63, 3.8) is 0 Å². The van der Waals surface area contributed by atoms with Gasteiger partial charge in [-0.3, -0.25) is 5.01 Å². The molecule has 34 heavy (non-hydrogen) atoms. The van der Waals surface area contributed by atoms with Crippen LogP contribution in [0.4, 0.5) is 5.69 Å². The first-order chi connectivity index (χ1) is 16.7. The highest BCUT2D eigenvalue weighted by Gasteiger charge is 2.74. The molecule has 5 aliphatic rings. The topological polar surface area (TPSA) is 30.3 Å². The molecule has 0 N–H and O–H groups in total. The lowest BCUT2D eigenvalue weighted by atomic mass is 9.63. The summed E-state index contributed by atoms with van der Waals surface area (Å²) in [6.45, 7) is 0. The summed E-state index contributed by atoms with van der Waals surface area (Å²) in [4.78, 5) is 0. The number of nitriles is 1. The predicted octanol–water partition coefficient (Wildman–Crippen LogP) is 6.61. The number of hydrogen-bond donors (Lipinski definition) is 0. The van der Waals surface area contributed by atoms with E-state index >= 15 is 0 Å². The molecule has 2 bridgehead atoms. The minimum Gasteiger partial charge on any atom is -0.261 e. The van der Waals surface area contributed by atoms with E-state index in [9.17, 15) is 5.26 Å². The summed E-state index contributed by atoms with van der Waals surface area (Å²) in [5.41, 5.74) is 5.93. The summed E-state index contributed by atoms with van der Waals surface area (Å²) < 4.78 is 0. The average Bonchev–Trinajstić information content (AvgIpc) is 3.66. The molecule has 0 unspecified atom stereocenters. The van der Waals surface area contributed by atoms with E-state index in [1.54, 1.807) is 0 Å². The molecule has 2 saturated carbocycles. The Morgan fingerprint density at radius 1 is 0.853 bits per heavy atom. The van der Waals surface area contributed by atoms with Crippen LogP contribution in [-0.2, 0) is 5.54 Å². The Bertz CT molecular complexity index is 1360. The normalized spacial score (nSPS) is 32.6. The van der Waals surface area contributed by atoms with Crippen LogP contribution in [0.15, 0.2) is 84.9 Å². The average molecular weight is 462 g/mol. The van der Waals surface area contributed by atoms with Gasteiger partial charge in [0.1, 0.15) is 5.54 Å². The molecule has 6 atom stereocenters. The van der Waals surface area contributed by atoms with Crippen molar-refractivity contribution in [1.82, 2.24) is 5.01 Å². The number of anilines is 1. The Balaban J connectivity index is 1.47. The lowest BCUT2D eigenvalue weighted by molar-refractivity contribution is 0.131. The van der Waals surface area contributed by atoms with Crippen molar-refractivity contribution < 1.29 is 0 Å². The van der Waals surface area contributed by atoms with Crippen molar-refractivity contribution in [2.75, 3.05) is 5.01 Å². The molecule has 3 aromatic carbocycles. The molecule has 1 heterocycles. The van der Waals surface area contributed by atoms with Gasteiger partial charge in [-0.2, -0.15) is 5.26 Å². The molecule has 8 rings (SSSR count). The molecule has 1 aliphatic heterocycles. The van der Waals surface area contributed by atoms with E-state index in [0.29, 0.717) is 34.6 Å². The second-order valence-electron chi connectivity index (χ2n) is 10.6. The molecule has 0 radical (unpaired) electrons. The van der Waals surface area contributed by atoms with Crippen LogP contribution in [-0.4, -0.2) is 11.1 Å². The summed E-state index contributed by atoms with van der Waals surface area (Å²) in [5.74, 6) is 2.79. The predicted molar refractivity (Wildman–Crippen MR) is 134 cm³/mol. The zero-order valence-corrected chi connectivity index (χ0v) is 19.4. The fourth-order valence-corrected chi connectivity index (χ4v) is 8.87. The zero-order chi connectivity index (χ0) is 22.6. The summed E-state index contributed by atoms with van der Waals surface area (Å²) in [6, 6.07) is 26.1. The van der Waals surface area contributed by atoms with E-state index in [2.05, 4.69) is 89.0 Å². The molecule has 3 nitrogen and oxygen atoms in total. The van der Waals surface area contributed by atoms with Crippen molar-refractivity contribution >= 4 is 17.3 Å². The van der Waals surface area contributed by atoms with Crippen LogP contribution in [0.1, 0.15) is 24.0 Å². The SMILES string of the molecule is N#CN1[C@@H]2[C@H]3C[C@@H]([C@@H]4CC=C[C@H]43)[C@@H]2C2(c3ccccc3-c3ccccc32)N1c1ccc(Cl)cc1. The van der Waals surface area contributed by atoms with Crippen molar-refractivity contribution in [3.05, 3.63) is 101 Å². The molecule has 166 valence electrons. The Hall–Kier alpha value is -3.22. The first kappa shape index (κ1) is 19.1. The Morgan fingerprint density at radius 2 is 1.53 bits per heavy atom. The monoisotopic (exact) mass is 461 g/mol. The molecule has 0 amide bonds. The van der Waals surface area contributed by atoms with Gasteiger partial charge in [0.05, 0.1) is 11.7 Å². The Labute approximate surface area is 204 Å². The van der Waals surface area contributed by atoms with Crippen molar-refractivity contribution in [2.45, 2.75) is 24.4 Å². The standard InChI is InChI=1S/C30H24ClN3/c31-18-12-14-19(15-13-18)34-30(26-10-3-1-6-22(26)23-7-2-4-11-27(23)30)28-24-16-25(29(28)33(34)17-32)21-9-5-8-20(21)24/h1-7,9-15,20-21,24-25,28-29H,8,16H2/t20-,21-,24+,25+,28+,29-/m1/s1. The lowest BCUT2D eigenvalue weighted by Gasteiger charge is -2.44. The molecule has 3 fully saturated rings. The summed E-state index contributed by atoms with van der Waals surface area (Å²) in [5, 5.41) is 15.8. The van der Waals surface area contributed by atoms with E-state index in [4.69, 9.17) is 11.6 Å². The van der Waals surface area contributed by atoms with Crippen molar-refractivity contribution in [2.24, 2.45) is 29.6 Å². The maximum atomic E-state index is 10.7. The molecular formula is C30H24ClN3. The minimum absolute atomic E-state index is 0.203. The van der Waals surface area contributed by atoms with Crippen LogP contribution in [0, 0.1) is 41.0 Å². The first-order valence-electron chi connectivity index (χ1n) is 12.4. The number of rotatable bonds is 1. The zero-order valence-electron chi connectivity index (χ0n) is 18.7. The summed E-state index contributed by atoms with van der Waals surface area (Å²) >= 11 is 6.31. The highest BCUT2D eigenvalue weighted by atomic mass is 35.5. The van der Waals surface area contributed by atoms with Crippen LogP contribution in [0.3, 0.4) is 0 Å². The highest BCUT2D eigenvalue weighted by molar-refractivity contribution is 6.30. The van der Waals surface area contributed by atoms with E-state index in [1.165, 1.54) is 35.1 Å². The first-order valence-corrected chi connectivity index (χ1v) is 12.7. The number of nitrogens with zero attached hydrogens (tertiary/aromatic N) is 3. The van der Waals surface area contributed by atoms with Crippen LogP contribution in [0.5, 0.6) is 0 Å². The van der Waals surface area contributed by atoms with E-state index < -0.39 is 5.54 Å². The van der Waals surface area contributed by atoms with Gasteiger partial charge in [0.15, 0.2) is 6.19 Å². The third kappa shape index (κ3) is 2.02. The van der Waals surface area contributed by atoms with E-state index in [-0.39, 0.29) is 6.04 Å². The molecule has 0 aromatic heterocycles. The quantitative estimate of drug-likeness (QED) is 0.302. The Kier molecular flexibility index (Phi) is 3.64. The Morgan fingerprint density at radius 3 is 2.21 bits per heavy atom. The summed E-state index contributed by atoms with van der Waals surface area (Å²) in [6.07, 6.45) is 9.94. The van der Waals surface area contributed by atoms with Crippen molar-refractivity contribution in [1.29, 1.82) is 5.26 Å². The smallest absolute Gasteiger partial charge is 0.200 e. The number of benzene rings is 3. The van der Waals surface area contributed by atoms with Gasteiger partial charge in [-0.15, -0.1) is 0 Å². The second-order valence-corrected chi connectivity index (χ2v) is 11.0. The van der Waals surface area contributed by atoms with Gasteiger partial charge in [0, 0.05) is 10.9 Å². The molecule has 1 spiro atoms. The number of fused-ring (bicyclic) bond motifs is 14. The van der Waals surface area contributed by atoms with Gasteiger partial charge in [0.25, 0.3) is 0 Å². The van der Waals surface area contributed by atoms with Crippen LogP contribution in [0.25, 0.3) is 11.1 Å². The molecule has 4 aliphatic carbocycles. The summed E-state index contributed by atoms with van der Waals surface area (Å²) in [7, 11) is 0. The number of hydrazine groups is 1. The number of allylic oxidation sites excluding steroid dienone is 2.